The van der Waals surface area contributed by atoms with Crippen molar-refractivity contribution in [3.63, 3.8) is 0 Å². The fraction of sp³-hybridized carbons (Fsp3) is 0.0909. The van der Waals surface area contributed by atoms with Gasteiger partial charge in [0.1, 0.15) is 11.2 Å². The maximum atomic E-state index is 13.1. The first-order valence-corrected chi connectivity index (χ1v) is 9.40. The standard InChI is InChI=1S/C22H17ClN4O2/c23-18-7-5-15(6-8-18)14-27-20-17(4-2-10-25-20)11-19(22(27)29)21(28)26-13-16-3-1-9-24-12-16/h1-12H,13-14H2,(H,26,28). The van der Waals surface area contributed by atoms with Crippen LogP contribution in [0.25, 0.3) is 11.0 Å². The van der Waals surface area contributed by atoms with Gasteiger partial charge in [-0.2, -0.15) is 0 Å². The molecule has 3 heterocycles. The zero-order valence-electron chi connectivity index (χ0n) is 15.4. The number of fused-ring (bicyclic) bond motifs is 1. The van der Waals surface area contributed by atoms with Gasteiger partial charge in [-0.1, -0.05) is 29.8 Å². The van der Waals surface area contributed by atoms with Crippen LogP contribution in [0.15, 0.2) is 78.0 Å². The molecular formula is C22H17ClN4O2. The number of hydrogen-bond acceptors (Lipinski definition) is 4. The number of benzene rings is 1. The molecule has 29 heavy (non-hydrogen) atoms. The number of nitrogens with one attached hydrogen (secondary N) is 1. The maximum Gasteiger partial charge on any atom is 0.265 e. The van der Waals surface area contributed by atoms with Gasteiger partial charge >= 0.3 is 0 Å². The van der Waals surface area contributed by atoms with Crippen LogP contribution in [0.3, 0.4) is 0 Å². The number of nitrogens with zero attached hydrogens (tertiary/aromatic N) is 3. The molecule has 1 aromatic carbocycles. The Morgan fingerprint density at radius 3 is 2.59 bits per heavy atom. The highest BCUT2D eigenvalue weighted by molar-refractivity contribution is 6.30. The van der Waals surface area contributed by atoms with Crippen molar-refractivity contribution in [2.24, 2.45) is 0 Å². The van der Waals surface area contributed by atoms with E-state index in [4.69, 9.17) is 11.6 Å². The van der Waals surface area contributed by atoms with Gasteiger partial charge in [-0.3, -0.25) is 19.1 Å². The van der Waals surface area contributed by atoms with Crippen LogP contribution in [0.2, 0.25) is 5.02 Å². The first kappa shape index (κ1) is 18.8. The highest BCUT2D eigenvalue weighted by atomic mass is 35.5. The second-order valence-electron chi connectivity index (χ2n) is 6.54. The highest BCUT2D eigenvalue weighted by Crippen LogP contribution is 2.15. The summed E-state index contributed by atoms with van der Waals surface area (Å²) >= 11 is 5.95. The molecular weight excluding hydrogens is 388 g/mol. The fourth-order valence-electron chi connectivity index (χ4n) is 3.07. The summed E-state index contributed by atoms with van der Waals surface area (Å²) < 4.78 is 1.51. The summed E-state index contributed by atoms with van der Waals surface area (Å²) in [6.07, 6.45) is 4.96. The molecule has 0 saturated heterocycles. The first-order chi connectivity index (χ1) is 14.1. The van der Waals surface area contributed by atoms with Crippen molar-refractivity contribution in [3.8, 4) is 0 Å². The van der Waals surface area contributed by atoms with Crippen molar-refractivity contribution in [1.29, 1.82) is 0 Å². The third kappa shape index (κ3) is 4.17. The van der Waals surface area contributed by atoms with Gasteiger partial charge in [0.05, 0.1) is 6.54 Å². The molecule has 1 amide bonds. The van der Waals surface area contributed by atoms with E-state index in [1.807, 2.05) is 24.3 Å². The molecule has 4 rings (SSSR count). The Morgan fingerprint density at radius 1 is 1.03 bits per heavy atom. The summed E-state index contributed by atoms with van der Waals surface area (Å²) in [5.41, 5.74) is 1.94. The molecule has 144 valence electrons. The van der Waals surface area contributed by atoms with E-state index in [1.54, 1.807) is 48.9 Å². The summed E-state index contributed by atoms with van der Waals surface area (Å²) in [7, 11) is 0. The van der Waals surface area contributed by atoms with Gasteiger partial charge in [0.15, 0.2) is 0 Å². The van der Waals surface area contributed by atoms with Gasteiger partial charge in [0, 0.05) is 35.5 Å². The summed E-state index contributed by atoms with van der Waals surface area (Å²) in [4.78, 5) is 34.3. The van der Waals surface area contributed by atoms with Crippen LogP contribution in [-0.4, -0.2) is 20.4 Å². The molecule has 0 aliphatic heterocycles. The minimum Gasteiger partial charge on any atom is -0.348 e. The van der Waals surface area contributed by atoms with E-state index in [9.17, 15) is 9.59 Å². The molecule has 4 aromatic rings. The number of hydrogen-bond donors (Lipinski definition) is 1. The number of carbonyl (C=O) groups excluding carboxylic acids is 1. The van der Waals surface area contributed by atoms with Crippen molar-refractivity contribution in [2.45, 2.75) is 13.1 Å². The molecule has 7 heteroatoms. The summed E-state index contributed by atoms with van der Waals surface area (Å²) in [5, 5.41) is 4.12. The molecule has 3 aromatic heterocycles. The lowest BCUT2D eigenvalue weighted by atomic mass is 10.1. The van der Waals surface area contributed by atoms with Gasteiger partial charge in [0.2, 0.25) is 0 Å². The lowest BCUT2D eigenvalue weighted by Gasteiger charge is -2.12. The van der Waals surface area contributed by atoms with Crippen LogP contribution in [0.4, 0.5) is 0 Å². The Morgan fingerprint density at radius 2 is 1.83 bits per heavy atom. The molecule has 0 radical (unpaired) electrons. The van der Waals surface area contributed by atoms with Crippen LogP contribution >= 0.6 is 11.6 Å². The van der Waals surface area contributed by atoms with Gasteiger partial charge in [0.25, 0.3) is 11.5 Å². The highest BCUT2D eigenvalue weighted by Gasteiger charge is 2.16. The topological polar surface area (TPSA) is 76.9 Å². The second kappa shape index (κ2) is 8.24. The molecule has 1 N–H and O–H groups in total. The number of pyridine rings is 3. The van der Waals surface area contributed by atoms with E-state index < -0.39 is 11.5 Å². The SMILES string of the molecule is O=C(NCc1cccnc1)c1cc2cccnc2n(Cc2ccc(Cl)cc2)c1=O. The zero-order chi connectivity index (χ0) is 20.2. The Bertz CT molecular complexity index is 1220. The number of halogens is 1. The van der Waals surface area contributed by atoms with Gasteiger partial charge in [-0.25, -0.2) is 4.98 Å². The molecule has 0 atom stereocenters. The van der Waals surface area contributed by atoms with Gasteiger partial charge in [-0.15, -0.1) is 0 Å². The van der Waals surface area contributed by atoms with Crippen molar-refractivity contribution >= 4 is 28.5 Å². The lowest BCUT2D eigenvalue weighted by Crippen LogP contribution is -2.33. The Labute approximate surface area is 171 Å². The van der Waals surface area contributed by atoms with Crippen molar-refractivity contribution in [1.82, 2.24) is 19.9 Å². The Hall–Kier alpha value is -3.51. The summed E-state index contributed by atoms with van der Waals surface area (Å²) in [6.45, 7) is 0.571. The fourth-order valence-corrected chi connectivity index (χ4v) is 3.19. The van der Waals surface area contributed by atoms with Crippen LogP contribution < -0.4 is 10.9 Å². The van der Waals surface area contributed by atoms with Crippen molar-refractivity contribution < 1.29 is 4.79 Å². The second-order valence-corrected chi connectivity index (χ2v) is 6.97. The number of rotatable bonds is 5. The molecule has 0 aliphatic rings. The first-order valence-electron chi connectivity index (χ1n) is 9.02. The lowest BCUT2D eigenvalue weighted by molar-refractivity contribution is 0.0949. The van der Waals surface area contributed by atoms with Gasteiger partial charge < -0.3 is 5.32 Å². The van der Waals surface area contributed by atoms with E-state index in [2.05, 4.69) is 15.3 Å². The van der Waals surface area contributed by atoms with E-state index in [-0.39, 0.29) is 18.7 Å². The predicted octanol–water partition coefficient (Wildman–Crippen LogP) is 3.42. The molecule has 0 bridgehead atoms. The number of aromatic nitrogens is 3. The molecule has 0 aliphatic carbocycles. The molecule has 0 unspecified atom stereocenters. The molecule has 6 nitrogen and oxygen atoms in total. The number of carbonyl (C=O) groups is 1. The van der Waals surface area contributed by atoms with Crippen LogP contribution in [0.1, 0.15) is 21.5 Å². The maximum absolute atomic E-state index is 13.1. The minimum atomic E-state index is -0.436. The normalized spacial score (nSPS) is 10.8. The van der Waals surface area contributed by atoms with E-state index in [1.165, 1.54) is 4.57 Å². The van der Waals surface area contributed by atoms with Gasteiger partial charge in [-0.05, 0) is 47.5 Å². The average Bonchev–Trinajstić information content (AvgIpc) is 2.76. The van der Waals surface area contributed by atoms with Crippen molar-refractivity contribution in [3.05, 3.63) is 105 Å². The van der Waals surface area contributed by atoms with E-state index in [0.717, 1.165) is 11.1 Å². The monoisotopic (exact) mass is 404 g/mol. The Balaban J connectivity index is 1.71. The molecule has 0 fully saturated rings. The number of amides is 1. The van der Waals surface area contributed by atoms with Crippen LogP contribution in [-0.2, 0) is 13.1 Å². The minimum absolute atomic E-state index is 0.0725. The Kier molecular flexibility index (Phi) is 5.35. The third-order valence-corrected chi connectivity index (χ3v) is 4.77. The third-order valence-electron chi connectivity index (χ3n) is 4.52. The average molecular weight is 405 g/mol. The van der Waals surface area contributed by atoms with E-state index in [0.29, 0.717) is 16.1 Å². The predicted molar refractivity (Wildman–Crippen MR) is 112 cm³/mol. The van der Waals surface area contributed by atoms with Crippen LogP contribution in [0, 0.1) is 0 Å². The zero-order valence-corrected chi connectivity index (χ0v) is 16.1. The smallest absolute Gasteiger partial charge is 0.265 e. The quantitative estimate of drug-likeness (QED) is 0.553. The molecule has 0 spiro atoms. The van der Waals surface area contributed by atoms with E-state index >= 15 is 0 Å². The van der Waals surface area contributed by atoms with Crippen LogP contribution in [0.5, 0.6) is 0 Å². The molecule has 0 saturated carbocycles. The van der Waals surface area contributed by atoms with Crippen molar-refractivity contribution in [2.75, 3.05) is 0 Å². The largest absolute Gasteiger partial charge is 0.348 e. The summed E-state index contributed by atoms with van der Waals surface area (Å²) in [6, 6.07) is 16.1. The summed E-state index contributed by atoms with van der Waals surface area (Å²) in [5.74, 6) is -0.436.